The predicted molar refractivity (Wildman–Crippen MR) is 77.8 cm³/mol. The monoisotopic (exact) mass is 309 g/mol. The molecule has 1 heterocycles. The van der Waals surface area contributed by atoms with Crippen LogP contribution in [0, 0.1) is 11.6 Å². The summed E-state index contributed by atoms with van der Waals surface area (Å²) in [5.41, 5.74) is 7.44. The van der Waals surface area contributed by atoms with Crippen molar-refractivity contribution in [3.8, 4) is 11.5 Å². The van der Waals surface area contributed by atoms with Gasteiger partial charge in [0.15, 0.2) is 23.1 Å². The van der Waals surface area contributed by atoms with E-state index < -0.39 is 11.6 Å². The second kappa shape index (κ2) is 5.81. The summed E-state index contributed by atoms with van der Waals surface area (Å²) in [7, 11) is 0. The third kappa shape index (κ3) is 3.05. The minimum Gasteiger partial charge on any atom is -0.486 e. The first kappa shape index (κ1) is 14.0. The molecule has 1 aliphatic rings. The van der Waals surface area contributed by atoms with E-state index in [0.717, 1.165) is 11.6 Å². The maximum atomic E-state index is 13.2. The third-order valence-corrected chi connectivity index (χ3v) is 4.13. The van der Waals surface area contributed by atoms with Crippen molar-refractivity contribution >= 4 is 17.4 Å². The van der Waals surface area contributed by atoms with Crippen LogP contribution in [0.1, 0.15) is 5.56 Å². The number of hydrogen-bond acceptors (Lipinski definition) is 4. The second-order valence-corrected chi connectivity index (χ2v) is 5.61. The van der Waals surface area contributed by atoms with Gasteiger partial charge in [-0.15, -0.1) is 11.8 Å². The summed E-state index contributed by atoms with van der Waals surface area (Å²) in [5, 5.41) is 0. The number of nitrogens with two attached hydrogens (primary N) is 1. The van der Waals surface area contributed by atoms with Crippen LogP contribution in [0.3, 0.4) is 0 Å². The molecular weight excluding hydrogens is 296 g/mol. The molecule has 3 rings (SSSR count). The van der Waals surface area contributed by atoms with Crippen LogP contribution in [0.25, 0.3) is 0 Å². The van der Waals surface area contributed by atoms with Gasteiger partial charge in [-0.2, -0.15) is 0 Å². The first-order chi connectivity index (χ1) is 10.1. The molecule has 0 saturated heterocycles. The molecule has 0 unspecified atom stereocenters. The summed E-state index contributed by atoms with van der Waals surface area (Å²) in [4.78, 5) is 0.642. The number of rotatable bonds is 3. The van der Waals surface area contributed by atoms with E-state index in [1.54, 1.807) is 6.07 Å². The number of ether oxygens (including phenoxy) is 2. The van der Waals surface area contributed by atoms with Gasteiger partial charge in [-0.3, -0.25) is 0 Å². The van der Waals surface area contributed by atoms with Crippen molar-refractivity contribution in [2.45, 2.75) is 10.6 Å². The fourth-order valence-electron chi connectivity index (χ4n) is 2.00. The van der Waals surface area contributed by atoms with Crippen molar-refractivity contribution in [3.05, 3.63) is 47.5 Å². The lowest BCUT2D eigenvalue weighted by molar-refractivity contribution is 0.171. The van der Waals surface area contributed by atoms with E-state index in [1.807, 2.05) is 6.07 Å². The Hall–Kier alpha value is -1.95. The van der Waals surface area contributed by atoms with Crippen LogP contribution in [-0.4, -0.2) is 13.2 Å². The van der Waals surface area contributed by atoms with Crippen molar-refractivity contribution < 1.29 is 18.3 Å². The highest BCUT2D eigenvalue weighted by Gasteiger charge is 2.15. The smallest absolute Gasteiger partial charge is 0.163 e. The highest BCUT2D eigenvalue weighted by Crippen LogP contribution is 2.36. The molecule has 3 nitrogen and oxygen atoms in total. The van der Waals surface area contributed by atoms with Gasteiger partial charge in [0.05, 0.1) is 0 Å². The molecule has 0 atom stereocenters. The Morgan fingerprint density at radius 2 is 1.71 bits per heavy atom. The van der Waals surface area contributed by atoms with Crippen molar-refractivity contribution in [2.24, 2.45) is 0 Å². The summed E-state index contributed by atoms with van der Waals surface area (Å²) in [6.07, 6.45) is 0. The average Bonchev–Trinajstić information content (AvgIpc) is 2.48. The van der Waals surface area contributed by atoms with Gasteiger partial charge in [0.25, 0.3) is 0 Å². The van der Waals surface area contributed by atoms with Gasteiger partial charge in [0.1, 0.15) is 13.2 Å². The zero-order valence-electron chi connectivity index (χ0n) is 11.1. The van der Waals surface area contributed by atoms with Gasteiger partial charge in [0.2, 0.25) is 0 Å². The molecule has 21 heavy (non-hydrogen) atoms. The van der Waals surface area contributed by atoms with E-state index in [4.69, 9.17) is 15.2 Å². The van der Waals surface area contributed by atoms with Crippen molar-refractivity contribution in [1.29, 1.82) is 0 Å². The largest absolute Gasteiger partial charge is 0.486 e. The number of fused-ring (bicyclic) bond motifs is 1. The molecular formula is C15H13F2NO2S. The van der Waals surface area contributed by atoms with Crippen LogP contribution >= 0.6 is 11.8 Å². The predicted octanol–water partition coefficient (Wildman–Crippen LogP) is 3.61. The summed E-state index contributed by atoms with van der Waals surface area (Å²) in [6, 6.07) is 7.39. The van der Waals surface area contributed by atoms with E-state index in [0.29, 0.717) is 41.0 Å². The number of anilines is 1. The minimum atomic E-state index is -0.852. The lowest BCUT2D eigenvalue weighted by Gasteiger charge is -2.20. The lowest BCUT2D eigenvalue weighted by Crippen LogP contribution is -2.15. The maximum Gasteiger partial charge on any atom is 0.163 e. The molecule has 2 N–H and O–H groups in total. The van der Waals surface area contributed by atoms with Crippen LogP contribution in [0.2, 0.25) is 0 Å². The molecule has 0 fully saturated rings. The normalized spacial score (nSPS) is 13.2. The zero-order valence-corrected chi connectivity index (χ0v) is 11.9. The standard InChI is InChI=1S/C15H13F2NO2S/c16-11-2-1-10(6-12(11)17)21-8-9-5-14-15(7-13(9)18)20-4-3-19-14/h1-2,5-7H,3-4,8,18H2. The third-order valence-electron chi connectivity index (χ3n) is 3.09. The fourth-order valence-corrected chi connectivity index (χ4v) is 2.92. The molecule has 0 saturated carbocycles. The van der Waals surface area contributed by atoms with Gasteiger partial charge >= 0.3 is 0 Å². The molecule has 6 heteroatoms. The number of nitrogen functional groups attached to an aromatic ring is 1. The number of benzene rings is 2. The molecule has 0 aliphatic carbocycles. The van der Waals surface area contributed by atoms with Crippen LogP contribution in [0.15, 0.2) is 35.2 Å². The minimum absolute atomic E-state index is 0.507. The van der Waals surface area contributed by atoms with E-state index >= 15 is 0 Å². The lowest BCUT2D eigenvalue weighted by atomic mass is 10.2. The van der Waals surface area contributed by atoms with Crippen molar-refractivity contribution in [3.63, 3.8) is 0 Å². The van der Waals surface area contributed by atoms with E-state index in [-0.39, 0.29) is 0 Å². The van der Waals surface area contributed by atoms with Gasteiger partial charge in [-0.1, -0.05) is 0 Å². The summed E-state index contributed by atoms with van der Waals surface area (Å²) in [5.74, 6) is 0.137. The van der Waals surface area contributed by atoms with Crippen LogP contribution < -0.4 is 15.2 Å². The van der Waals surface area contributed by atoms with Crippen LogP contribution in [-0.2, 0) is 5.75 Å². The van der Waals surface area contributed by atoms with E-state index in [2.05, 4.69) is 0 Å². The quantitative estimate of drug-likeness (QED) is 0.695. The van der Waals surface area contributed by atoms with Gasteiger partial charge in [-0.25, -0.2) is 8.78 Å². The molecule has 1 aliphatic heterocycles. The first-order valence-electron chi connectivity index (χ1n) is 6.39. The molecule has 0 aromatic heterocycles. The Morgan fingerprint density at radius 1 is 1.00 bits per heavy atom. The van der Waals surface area contributed by atoms with Gasteiger partial charge in [-0.05, 0) is 29.8 Å². The summed E-state index contributed by atoms with van der Waals surface area (Å²) >= 11 is 1.38. The summed E-state index contributed by atoms with van der Waals surface area (Å²) in [6.45, 7) is 1.02. The Kier molecular flexibility index (Phi) is 3.88. The average molecular weight is 309 g/mol. The molecule has 2 aromatic carbocycles. The highest BCUT2D eigenvalue weighted by atomic mass is 32.2. The van der Waals surface area contributed by atoms with E-state index in [1.165, 1.54) is 23.9 Å². The van der Waals surface area contributed by atoms with Crippen LogP contribution in [0.5, 0.6) is 11.5 Å². The molecule has 0 amide bonds. The summed E-state index contributed by atoms with van der Waals surface area (Å²) < 4.78 is 37.0. The molecule has 2 aromatic rings. The van der Waals surface area contributed by atoms with Crippen molar-refractivity contribution in [1.82, 2.24) is 0 Å². The fraction of sp³-hybridized carbons (Fsp3) is 0.200. The molecule has 110 valence electrons. The van der Waals surface area contributed by atoms with Crippen LogP contribution in [0.4, 0.5) is 14.5 Å². The Morgan fingerprint density at radius 3 is 2.43 bits per heavy atom. The molecule has 0 radical (unpaired) electrons. The molecule has 0 bridgehead atoms. The van der Waals surface area contributed by atoms with Gasteiger partial charge in [0, 0.05) is 22.4 Å². The topological polar surface area (TPSA) is 44.5 Å². The number of thioether (sulfide) groups is 1. The zero-order chi connectivity index (χ0) is 14.8. The Bertz CT molecular complexity index is 679. The Balaban J connectivity index is 1.77. The molecule has 0 spiro atoms. The van der Waals surface area contributed by atoms with Gasteiger partial charge < -0.3 is 15.2 Å². The van der Waals surface area contributed by atoms with E-state index in [9.17, 15) is 8.78 Å². The van der Waals surface area contributed by atoms with Crippen molar-refractivity contribution in [2.75, 3.05) is 18.9 Å². The highest BCUT2D eigenvalue weighted by molar-refractivity contribution is 7.98. The SMILES string of the molecule is Nc1cc2c(cc1CSc1ccc(F)c(F)c1)OCCO2. The first-order valence-corrected chi connectivity index (χ1v) is 7.38. The Labute approximate surface area is 125 Å². The number of hydrogen-bond donors (Lipinski definition) is 1. The number of halogens is 2. The second-order valence-electron chi connectivity index (χ2n) is 4.56. The maximum absolute atomic E-state index is 13.2.